The van der Waals surface area contributed by atoms with Crippen molar-refractivity contribution in [2.24, 2.45) is 11.5 Å². The van der Waals surface area contributed by atoms with Crippen molar-refractivity contribution >= 4 is 9.84 Å². The average Bonchev–Trinajstić information content (AvgIpc) is 1.96. The van der Waals surface area contributed by atoms with E-state index in [1.54, 1.807) is 0 Å². The van der Waals surface area contributed by atoms with Crippen molar-refractivity contribution in [1.29, 1.82) is 0 Å². The molecule has 1 rings (SSSR count). The Morgan fingerprint density at radius 2 is 1.44 bits per heavy atom. The fourth-order valence-electron chi connectivity index (χ4n) is 0.480. The van der Waals surface area contributed by atoms with Crippen LogP contribution in [-0.2, 0) is 9.84 Å². The molecule has 0 saturated heterocycles. The molecule has 0 amide bonds. The molecule has 0 aromatic heterocycles. The molecule has 4 N–H and O–H groups in total. The molecule has 0 radical (unpaired) electrons. The number of sulfone groups is 1. The molecule has 0 saturated carbocycles. The van der Waals surface area contributed by atoms with Gasteiger partial charge in [0.15, 0.2) is 0 Å². The first-order valence-electron chi connectivity index (χ1n) is 2.23. The highest BCUT2D eigenvalue weighted by Crippen LogP contribution is 2.14. The van der Waals surface area contributed by atoms with Gasteiger partial charge in [0.25, 0.3) is 0 Å². The lowest BCUT2D eigenvalue weighted by Crippen LogP contribution is -2.14. The van der Waals surface area contributed by atoms with Crippen LogP contribution in [0, 0.1) is 0 Å². The average molecular weight is 146 g/mol. The molecule has 0 unspecified atom stereocenters. The maximum absolute atomic E-state index is 10.7. The highest BCUT2D eigenvalue weighted by atomic mass is 32.2. The molecular formula is C4H6N2O2S. The van der Waals surface area contributed by atoms with Crippen LogP contribution in [-0.4, -0.2) is 8.42 Å². The first-order valence-corrected chi connectivity index (χ1v) is 3.71. The van der Waals surface area contributed by atoms with E-state index in [-0.39, 0.29) is 10.1 Å². The lowest BCUT2D eigenvalue weighted by molar-refractivity contribution is 0.607. The Kier molecular flexibility index (Phi) is 1.03. The second-order valence-electron chi connectivity index (χ2n) is 1.64. The minimum Gasteiger partial charge on any atom is -0.389 e. The SMILES string of the molecule is NC1=CC=C(N)S1(=O)=O. The van der Waals surface area contributed by atoms with E-state index in [1.165, 1.54) is 12.2 Å². The van der Waals surface area contributed by atoms with Crippen LogP contribution >= 0.6 is 0 Å². The third-order valence-electron chi connectivity index (χ3n) is 1.03. The maximum atomic E-state index is 10.7. The van der Waals surface area contributed by atoms with Gasteiger partial charge in [-0.25, -0.2) is 8.42 Å². The van der Waals surface area contributed by atoms with Crippen molar-refractivity contribution in [3.05, 3.63) is 22.2 Å². The fourth-order valence-corrected chi connectivity index (χ4v) is 1.25. The molecule has 0 aromatic rings. The summed E-state index contributed by atoms with van der Waals surface area (Å²) in [4.78, 5) is 0. The summed E-state index contributed by atoms with van der Waals surface area (Å²) in [5.41, 5.74) is 10.1. The fraction of sp³-hybridized carbons (Fsp3) is 0. The van der Waals surface area contributed by atoms with Crippen LogP contribution in [0.15, 0.2) is 22.2 Å². The van der Waals surface area contributed by atoms with Crippen LogP contribution in [0.1, 0.15) is 0 Å². The second kappa shape index (κ2) is 1.51. The van der Waals surface area contributed by atoms with Gasteiger partial charge in [-0.15, -0.1) is 0 Å². The molecule has 4 nitrogen and oxygen atoms in total. The Morgan fingerprint density at radius 3 is 1.56 bits per heavy atom. The summed E-state index contributed by atoms with van der Waals surface area (Å²) in [6.45, 7) is 0. The molecule has 1 aliphatic heterocycles. The highest BCUT2D eigenvalue weighted by Gasteiger charge is 2.21. The van der Waals surface area contributed by atoms with Gasteiger partial charge in [-0.3, -0.25) is 0 Å². The van der Waals surface area contributed by atoms with E-state index in [2.05, 4.69) is 0 Å². The summed E-state index contributed by atoms with van der Waals surface area (Å²) in [5, 5.41) is -0.361. The van der Waals surface area contributed by atoms with Crippen molar-refractivity contribution < 1.29 is 8.42 Å². The molecule has 0 spiro atoms. The van der Waals surface area contributed by atoms with Crippen LogP contribution in [0.25, 0.3) is 0 Å². The lowest BCUT2D eigenvalue weighted by Gasteiger charge is -1.94. The largest absolute Gasteiger partial charge is 0.389 e. The Balaban J connectivity index is 3.29. The van der Waals surface area contributed by atoms with Crippen LogP contribution < -0.4 is 11.5 Å². The van der Waals surface area contributed by atoms with Crippen LogP contribution in [0.2, 0.25) is 0 Å². The van der Waals surface area contributed by atoms with Gasteiger partial charge in [-0.05, 0) is 12.2 Å². The zero-order valence-corrected chi connectivity index (χ0v) is 5.35. The standard InChI is InChI=1S/C4H6N2O2S/c5-3-1-2-4(6)9(3,7)8/h1-2H,5-6H2. The molecular weight excluding hydrogens is 140 g/mol. The Bertz CT molecular complexity index is 262. The van der Waals surface area contributed by atoms with E-state index in [0.717, 1.165) is 0 Å². The van der Waals surface area contributed by atoms with Crippen LogP contribution in [0.5, 0.6) is 0 Å². The topological polar surface area (TPSA) is 86.2 Å². The molecule has 0 aliphatic carbocycles. The van der Waals surface area contributed by atoms with E-state index < -0.39 is 9.84 Å². The van der Waals surface area contributed by atoms with Gasteiger partial charge in [0.05, 0.1) is 0 Å². The number of nitrogens with two attached hydrogens (primary N) is 2. The zero-order valence-electron chi connectivity index (χ0n) is 4.53. The van der Waals surface area contributed by atoms with Crippen molar-refractivity contribution in [2.45, 2.75) is 0 Å². The third-order valence-corrected chi connectivity index (χ3v) is 2.55. The normalized spacial score (nSPS) is 23.1. The summed E-state index contributed by atoms with van der Waals surface area (Å²) >= 11 is 0. The summed E-state index contributed by atoms with van der Waals surface area (Å²) < 4.78 is 21.4. The summed E-state index contributed by atoms with van der Waals surface area (Å²) in [6.07, 6.45) is 2.54. The zero-order chi connectivity index (χ0) is 7.07. The number of allylic oxidation sites excluding steroid dienone is 2. The van der Waals surface area contributed by atoms with E-state index in [0.29, 0.717) is 0 Å². The minimum atomic E-state index is -3.43. The van der Waals surface area contributed by atoms with E-state index in [1.807, 2.05) is 0 Å². The molecule has 0 fully saturated rings. The second-order valence-corrected chi connectivity index (χ2v) is 3.59. The molecule has 9 heavy (non-hydrogen) atoms. The number of hydrogen-bond acceptors (Lipinski definition) is 4. The Labute approximate surface area is 52.8 Å². The van der Waals surface area contributed by atoms with Crippen molar-refractivity contribution in [3.8, 4) is 0 Å². The van der Waals surface area contributed by atoms with Gasteiger partial charge in [0.1, 0.15) is 10.1 Å². The monoisotopic (exact) mass is 146 g/mol. The molecule has 50 valence electrons. The maximum Gasteiger partial charge on any atom is 0.235 e. The highest BCUT2D eigenvalue weighted by molar-refractivity contribution is 7.99. The van der Waals surface area contributed by atoms with E-state index >= 15 is 0 Å². The van der Waals surface area contributed by atoms with Gasteiger partial charge in [-0.2, -0.15) is 0 Å². The molecule has 0 bridgehead atoms. The smallest absolute Gasteiger partial charge is 0.235 e. The van der Waals surface area contributed by atoms with Gasteiger partial charge < -0.3 is 11.5 Å². The predicted molar refractivity (Wildman–Crippen MR) is 33.5 cm³/mol. The molecule has 1 aliphatic rings. The predicted octanol–water partition coefficient (Wildman–Crippen LogP) is -0.985. The summed E-state index contributed by atoms with van der Waals surface area (Å²) in [6, 6.07) is 0. The van der Waals surface area contributed by atoms with E-state index in [4.69, 9.17) is 11.5 Å². The number of hydrogen-bond donors (Lipinski definition) is 2. The lowest BCUT2D eigenvalue weighted by atomic mass is 10.6. The van der Waals surface area contributed by atoms with Crippen molar-refractivity contribution in [1.82, 2.24) is 0 Å². The first-order chi connectivity index (χ1) is 4.05. The van der Waals surface area contributed by atoms with Gasteiger partial charge >= 0.3 is 0 Å². The Hall–Kier alpha value is -0.970. The first kappa shape index (κ1) is 6.15. The van der Waals surface area contributed by atoms with Crippen molar-refractivity contribution in [3.63, 3.8) is 0 Å². The molecule has 0 aromatic carbocycles. The molecule has 5 heteroatoms. The molecule has 0 atom stereocenters. The van der Waals surface area contributed by atoms with Crippen molar-refractivity contribution in [2.75, 3.05) is 0 Å². The minimum absolute atomic E-state index is 0.181. The quantitative estimate of drug-likeness (QED) is 0.459. The third kappa shape index (κ3) is 0.692. The van der Waals surface area contributed by atoms with Gasteiger partial charge in [0.2, 0.25) is 9.84 Å². The summed E-state index contributed by atoms with van der Waals surface area (Å²) in [5.74, 6) is 0. The van der Waals surface area contributed by atoms with Gasteiger partial charge in [0, 0.05) is 0 Å². The van der Waals surface area contributed by atoms with Crippen LogP contribution in [0.3, 0.4) is 0 Å². The van der Waals surface area contributed by atoms with E-state index in [9.17, 15) is 8.42 Å². The summed E-state index contributed by atoms with van der Waals surface area (Å²) in [7, 11) is -3.43. The van der Waals surface area contributed by atoms with Crippen LogP contribution in [0.4, 0.5) is 0 Å². The molecule has 1 heterocycles. The van der Waals surface area contributed by atoms with Gasteiger partial charge in [-0.1, -0.05) is 0 Å². The number of rotatable bonds is 0. The Morgan fingerprint density at radius 1 is 1.11 bits per heavy atom.